The Kier molecular flexibility index (Phi) is 4.90. The molecule has 0 amide bonds. The summed E-state index contributed by atoms with van der Waals surface area (Å²) in [6.07, 6.45) is 1.93. The lowest BCUT2D eigenvalue weighted by molar-refractivity contribution is 0.477. The first-order valence-corrected chi connectivity index (χ1v) is 8.80. The number of rotatable bonds is 5. The van der Waals surface area contributed by atoms with E-state index < -0.39 is 10.0 Å². The summed E-state index contributed by atoms with van der Waals surface area (Å²) in [5.74, 6) is -0.121. The maximum atomic E-state index is 12.3. The van der Waals surface area contributed by atoms with Crippen molar-refractivity contribution in [1.29, 1.82) is 0 Å². The molecule has 0 bridgehead atoms. The quantitative estimate of drug-likeness (QED) is 0.785. The molecule has 0 aromatic heterocycles. The van der Waals surface area contributed by atoms with Crippen LogP contribution in [-0.2, 0) is 16.4 Å². The van der Waals surface area contributed by atoms with Crippen molar-refractivity contribution in [2.24, 2.45) is 0 Å². The summed E-state index contributed by atoms with van der Waals surface area (Å²) in [5.41, 5.74) is 1.24. The number of benzene rings is 2. The summed E-state index contributed by atoms with van der Waals surface area (Å²) in [5, 5.41) is 9.71. The Hall–Kier alpha value is -1.53. The summed E-state index contributed by atoms with van der Waals surface area (Å²) in [7, 11) is -3.72. The standard InChI is InChI=1S/C15H16BrNO3S/c1-2-3-11-4-7-13(8-5-11)21(19,20)17-14-10-12(16)6-9-15(14)18/h4-10,17-18H,2-3H2,1H3. The molecule has 0 spiro atoms. The van der Waals surface area contributed by atoms with Gasteiger partial charge in [-0.05, 0) is 42.3 Å². The number of anilines is 1. The molecule has 0 aliphatic heterocycles. The fourth-order valence-electron chi connectivity index (χ4n) is 1.92. The van der Waals surface area contributed by atoms with Gasteiger partial charge in [-0.15, -0.1) is 0 Å². The van der Waals surface area contributed by atoms with Gasteiger partial charge in [0.05, 0.1) is 10.6 Å². The lowest BCUT2D eigenvalue weighted by Gasteiger charge is -2.10. The Morgan fingerprint density at radius 2 is 1.81 bits per heavy atom. The molecule has 0 aliphatic rings. The van der Waals surface area contributed by atoms with Crippen molar-refractivity contribution in [2.75, 3.05) is 4.72 Å². The maximum Gasteiger partial charge on any atom is 0.262 e. The molecule has 0 fully saturated rings. The third-order valence-corrected chi connectivity index (χ3v) is 4.85. The van der Waals surface area contributed by atoms with E-state index in [2.05, 4.69) is 27.6 Å². The van der Waals surface area contributed by atoms with Gasteiger partial charge in [0.2, 0.25) is 0 Å². The molecule has 0 saturated carbocycles. The van der Waals surface area contributed by atoms with Crippen LogP contribution in [0, 0.1) is 0 Å². The lowest BCUT2D eigenvalue weighted by Crippen LogP contribution is -2.13. The fraction of sp³-hybridized carbons (Fsp3) is 0.200. The molecule has 112 valence electrons. The molecule has 0 radical (unpaired) electrons. The Morgan fingerprint density at radius 3 is 2.43 bits per heavy atom. The van der Waals surface area contributed by atoms with Crippen molar-refractivity contribution in [3.05, 3.63) is 52.5 Å². The highest BCUT2D eigenvalue weighted by atomic mass is 79.9. The van der Waals surface area contributed by atoms with E-state index in [1.807, 2.05) is 0 Å². The monoisotopic (exact) mass is 369 g/mol. The van der Waals surface area contributed by atoms with Gasteiger partial charge in [0, 0.05) is 4.47 Å². The minimum atomic E-state index is -3.72. The van der Waals surface area contributed by atoms with E-state index in [-0.39, 0.29) is 16.3 Å². The van der Waals surface area contributed by atoms with Crippen molar-refractivity contribution in [3.8, 4) is 5.75 Å². The first-order chi connectivity index (χ1) is 9.92. The Balaban J connectivity index is 2.27. The van der Waals surface area contributed by atoms with Gasteiger partial charge in [0.25, 0.3) is 10.0 Å². The molecule has 0 unspecified atom stereocenters. The van der Waals surface area contributed by atoms with Crippen molar-refractivity contribution in [3.63, 3.8) is 0 Å². The molecule has 2 rings (SSSR count). The molecule has 21 heavy (non-hydrogen) atoms. The minimum Gasteiger partial charge on any atom is -0.506 e. The van der Waals surface area contributed by atoms with Crippen LogP contribution in [0.3, 0.4) is 0 Å². The fourth-order valence-corrected chi connectivity index (χ4v) is 3.34. The molecule has 2 aromatic carbocycles. The van der Waals surface area contributed by atoms with E-state index >= 15 is 0 Å². The molecule has 0 heterocycles. The molecule has 6 heteroatoms. The predicted molar refractivity (Wildman–Crippen MR) is 87.1 cm³/mol. The zero-order chi connectivity index (χ0) is 15.5. The molecule has 0 aliphatic carbocycles. The summed E-state index contributed by atoms with van der Waals surface area (Å²) in [4.78, 5) is 0.168. The summed E-state index contributed by atoms with van der Waals surface area (Å²) in [6, 6.07) is 11.3. The Labute approximate surface area is 133 Å². The lowest BCUT2D eigenvalue weighted by atomic mass is 10.1. The van der Waals surface area contributed by atoms with Gasteiger partial charge in [-0.25, -0.2) is 8.42 Å². The average Bonchev–Trinajstić information content (AvgIpc) is 2.44. The van der Waals surface area contributed by atoms with Crippen LogP contribution < -0.4 is 4.72 Å². The average molecular weight is 370 g/mol. The molecule has 2 aromatic rings. The molecule has 2 N–H and O–H groups in total. The first kappa shape index (κ1) is 15.9. The Morgan fingerprint density at radius 1 is 1.14 bits per heavy atom. The van der Waals surface area contributed by atoms with Crippen LogP contribution in [0.25, 0.3) is 0 Å². The second kappa shape index (κ2) is 6.49. The molecule has 4 nitrogen and oxygen atoms in total. The van der Waals surface area contributed by atoms with Crippen LogP contribution in [0.15, 0.2) is 51.8 Å². The normalized spacial score (nSPS) is 11.3. The Bertz CT molecular complexity index is 727. The summed E-state index contributed by atoms with van der Waals surface area (Å²) < 4.78 is 27.7. The number of nitrogens with one attached hydrogen (secondary N) is 1. The largest absolute Gasteiger partial charge is 0.506 e. The van der Waals surface area contributed by atoms with Gasteiger partial charge in [-0.3, -0.25) is 4.72 Å². The number of phenolic OH excluding ortho intramolecular Hbond substituents is 1. The highest BCUT2D eigenvalue weighted by Gasteiger charge is 2.16. The number of sulfonamides is 1. The zero-order valence-electron chi connectivity index (χ0n) is 11.5. The third-order valence-electron chi connectivity index (χ3n) is 2.98. The van der Waals surface area contributed by atoms with Crippen LogP contribution in [-0.4, -0.2) is 13.5 Å². The second-order valence-corrected chi connectivity index (χ2v) is 7.26. The number of aromatic hydroxyl groups is 1. The molecule has 0 atom stereocenters. The smallest absolute Gasteiger partial charge is 0.262 e. The van der Waals surface area contributed by atoms with Crippen LogP contribution in [0.2, 0.25) is 0 Å². The number of halogens is 1. The van der Waals surface area contributed by atoms with Gasteiger partial charge in [-0.1, -0.05) is 41.4 Å². The summed E-state index contributed by atoms with van der Waals surface area (Å²) >= 11 is 3.24. The van der Waals surface area contributed by atoms with E-state index in [9.17, 15) is 13.5 Å². The zero-order valence-corrected chi connectivity index (χ0v) is 13.9. The SMILES string of the molecule is CCCc1ccc(S(=O)(=O)Nc2cc(Br)ccc2O)cc1. The van der Waals surface area contributed by atoms with Crippen LogP contribution in [0.5, 0.6) is 5.75 Å². The van der Waals surface area contributed by atoms with E-state index in [4.69, 9.17) is 0 Å². The van der Waals surface area contributed by atoms with Crippen LogP contribution in [0.4, 0.5) is 5.69 Å². The van der Waals surface area contributed by atoms with E-state index in [0.717, 1.165) is 18.4 Å². The first-order valence-electron chi connectivity index (χ1n) is 6.52. The second-order valence-electron chi connectivity index (χ2n) is 4.66. The minimum absolute atomic E-state index is 0.121. The van der Waals surface area contributed by atoms with Crippen LogP contribution >= 0.6 is 15.9 Å². The van der Waals surface area contributed by atoms with Crippen molar-refractivity contribution >= 4 is 31.6 Å². The summed E-state index contributed by atoms with van der Waals surface area (Å²) in [6.45, 7) is 2.07. The van der Waals surface area contributed by atoms with Gasteiger partial charge in [0.15, 0.2) is 0 Å². The van der Waals surface area contributed by atoms with Gasteiger partial charge < -0.3 is 5.11 Å². The van der Waals surface area contributed by atoms with Gasteiger partial charge >= 0.3 is 0 Å². The van der Waals surface area contributed by atoms with Gasteiger partial charge in [0.1, 0.15) is 5.75 Å². The van der Waals surface area contributed by atoms with E-state index in [1.54, 1.807) is 30.3 Å². The predicted octanol–water partition coefficient (Wildman–Crippen LogP) is 3.91. The number of hydrogen-bond donors (Lipinski definition) is 2. The van der Waals surface area contributed by atoms with Crippen molar-refractivity contribution in [1.82, 2.24) is 0 Å². The van der Waals surface area contributed by atoms with Crippen molar-refractivity contribution in [2.45, 2.75) is 24.7 Å². The van der Waals surface area contributed by atoms with Gasteiger partial charge in [-0.2, -0.15) is 0 Å². The number of aryl methyl sites for hydroxylation is 1. The number of hydrogen-bond acceptors (Lipinski definition) is 3. The molecule has 0 saturated heterocycles. The topological polar surface area (TPSA) is 66.4 Å². The van der Waals surface area contributed by atoms with Crippen LogP contribution in [0.1, 0.15) is 18.9 Å². The highest BCUT2D eigenvalue weighted by molar-refractivity contribution is 9.10. The maximum absolute atomic E-state index is 12.3. The third kappa shape index (κ3) is 3.98. The van der Waals surface area contributed by atoms with E-state index in [0.29, 0.717) is 4.47 Å². The highest BCUT2D eigenvalue weighted by Crippen LogP contribution is 2.29. The van der Waals surface area contributed by atoms with Crippen molar-refractivity contribution < 1.29 is 13.5 Å². The number of phenols is 1. The van der Waals surface area contributed by atoms with E-state index in [1.165, 1.54) is 12.1 Å². The molecular weight excluding hydrogens is 354 g/mol. The molecular formula is C15H16BrNO3S.